The van der Waals surface area contributed by atoms with E-state index in [0.29, 0.717) is 38.0 Å². The molecular weight excluding hydrogens is 443 g/mol. The molecule has 0 rings (SSSR count). The van der Waals surface area contributed by atoms with Crippen molar-refractivity contribution in [2.75, 3.05) is 0 Å². The summed E-state index contributed by atoms with van der Waals surface area (Å²) in [4.78, 5) is 0. The standard InChI is InChI=1S/Gd.3O.U. The Kier molecular flexibility index (Phi) is 33.9. The van der Waals surface area contributed by atoms with E-state index >= 15 is 0 Å². The van der Waals surface area contributed by atoms with Gasteiger partial charge in [0.25, 0.3) is 0 Å². The van der Waals surface area contributed by atoms with Crippen LogP contribution in [0.3, 0.4) is 0 Å². The van der Waals surface area contributed by atoms with E-state index in [2.05, 4.69) is 0 Å². The van der Waals surface area contributed by atoms with Crippen molar-refractivity contribution in [1.29, 1.82) is 0 Å². The van der Waals surface area contributed by atoms with Crippen LogP contribution in [-0.4, -0.2) is 0 Å². The van der Waals surface area contributed by atoms with Gasteiger partial charge in [0.15, 0.2) is 0 Å². The fraction of sp³-hybridized carbons (Fsp3) is 0. The van der Waals surface area contributed by atoms with Gasteiger partial charge >= 0.3 is 71.5 Å². The predicted molar refractivity (Wildman–Crippen MR) is 2.06 cm³/mol. The maximum absolute atomic E-state index is 8.58. The molecule has 5 heteroatoms. The van der Waals surface area contributed by atoms with Gasteiger partial charge in [-0.2, -0.15) is 0 Å². The van der Waals surface area contributed by atoms with Crippen LogP contribution >= 0.6 is 0 Å². The van der Waals surface area contributed by atoms with Crippen LogP contribution in [0.1, 0.15) is 0 Å². The van der Waals surface area contributed by atoms with E-state index in [1.807, 2.05) is 0 Å². The zero-order valence-corrected chi connectivity index (χ0v) is 8.51. The van der Waals surface area contributed by atoms with Crippen molar-refractivity contribution in [1.82, 2.24) is 0 Å². The zero-order chi connectivity index (χ0) is 4.71. The van der Waals surface area contributed by atoms with E-state index in [1.54, 1.807) is 0 Å². The van der Waals surface area contributed by atoms with Gasteiger partial charge in [0, 0.05) is 0 Å². The van der Waals surface area contributed by atoms with Crippen molar-refractivity contribution in [3.8, 4) is 0 Å². The van der Waals surface area contributed by atoms with Crippen molar-refractivity contribution in [3.05, 3.63) is 0 Å². The van der Waals surface area contributed by atoms with E-state index < -0.39 is 27.8 Å². The molecule has 0 aromatic rings. The summed E-state index contributed by atoms with van der Waals surface area (Å²) in [5.74, 6) is 0. The fourth-order valence-corrected chi connectivity index (χ4v) is 0. The average molecular weight is 443 g/mol. The van der Waals surface area contributed by atoms with Gasteiger partial charge in [-0.25, -0.2) is 0 Å². The van der Waals surface area contributed by atoms with Crippen LogP contribution in [0.25, 0.3) is 0 Å². The first-order chi connectivity index (χ1) is 2.41. The molecule has 0 aliphatic rings. The first-order valence-corrected chi connectivity index (χ1v) is 4.88. The molecule has 0 saturated carbocycles. The summed E-state index contributed by atoms with van der Waals surface area (Å²) >= 11 is -1.89. The zero-order valence-electron chi connectivity index (χ0n) is 2.08. The minimum atomic E-state index is -2.51. The molecule has 30 valence electrons. The van der Waals surface area contributed by atoms with Crippen LogP contribution in [0.4, 0.5) is 0 Å². The average Bonchev–Trinajstić information content (AvgIpc) is 1.46. The molecule has 0 atom stereocenters. The molecular formula is GdO3U. The Morgan fingerprint density at radius 1 is 1.20 bits per heavy atom. The Hall–Kier alpha value is 1.78. The van der Waals surface area contributed by atoms with E-state index in [4.69, 9.17) is 5.63 Å². The number of rotatable bonds is 0. The van der Waals surface area contributed by atoms with E-state index in [0.717, 1.165) is 0 Å². The fourth-order valence-electron chi connectivity index (χ4n) is 0. The SMILES string of the molecule is [O]=[Gd].[O]=[U]=[O]. The predicted octanol–water partition coefficient (Wildman–Crippen LogP) is -0.356. The van der Waals surface area contributed by atoms with Crippen LogP contribution in [-0.2, 0) is 5.63 Å². The van der Waals surface area contributed by atoms with E-state index in [1.165, 1.54) is 0 Å². The molecule has 0 bridgehead atoms. The van der Waals surface area contributed by atoms with Crippen molar-refractivity contribution in [2.24, 2.45) is 0 Å². The van der Waals surface area contributed by atoms with Gasteiger partial charge in [0.2, 0.25) is 0 Å². The van der Waals surface area contributed by atoms with Gasteiger partial charge in [-0.05, 0) is 0 Å². The molecule has 0 aliphatic heterocycles. The molecule has 0 spiro atoms. The second kappa shape index (κ2) is 17.1. The molecule has 3 nitrogen and oxygen atoms in total. The topological polar surface area (TPSA) is 51.2 Å². The molecule has 0 N–H and O–H groups in total. The molecule has 5 heavy (non-hydrogen) atoms. The Balaban J connectivity index is 0. The summed E-state index contributed by atoms with van der Waals surface area (Å²) < 4.78 is 25.4. The monoisotopic (exact) mass is 444 g/mol. The van der Waals surface area contributed by atoms with E-state index in [-0.39, 0.29) is 0 Å². The Morgan fingerprint density at radius 2 is 1.20 bits per heavy atom. The number of hydrogen-bond acceptors (Lipinski definition) is 3. The Morgan fingerprint density at radius 3 is 1.20 bits per heavy atom. The molecule has 0 radical (unpaired) electrons. The van der Waals surface area contributed by atoms with Crippen molar-refractivity contribution in [3.63, 3.8) is 0 Å². The minimum absolute atomic E-state index is 0.611. The van der Waals surface area contributed by atoms with Gasteiger partial charge in [-0.3, -0.25) is 0 Å². The maximum atomic E-state index is 8.58. The Bertz CT molecular complexity index is 36.2. The summed E-state index contributed by atoms with van der Waals surface area (Å²) in [6.07, 6.45) is 0. The molecule has 0 amide bonds. The van der Waals surface area contributed by atoms with Crippen molar-refractivity contribution >= 4 is 0 Å². The van der Waals surface area contributed by atoms with Gasteiger partial charge in [0.05, 0.1) is 0 Å². The summed E-state index contributed by atoms with van der Waals surface area (Å²) in [5.41, 5.74) is 0. The van der Waals surface area contributed by atoms with Crippen molar-refractivity contribution < 1.29 is 71.5 Å². The van der Waals surface area contributed by atoms with Crippen LogP contribution in [0.2, 0.25) is 0 Å². The summed E-state index contributed by atoms with van der Waals surface area (Å²) in [6.45, 7) is 0. The van der Waals surface area contributed by atoms with Gasteiger partial charge in [-0.1, -0.05) is 0 Å². The third-order valence-electron chi connectivity index (χ3n) is 0. The first kappa shape index (κ1) is 9.91. The quantitative estimate of drug-likeness (QED) is 0.514. The normalized spacial score (nSPS) is 2.60. The second-order valence-corrected chi connectivity index (χ2v) is 0.777. The first-order valence-electron chi connectivity index (χ1n) is 0.553. The van der Waals surface area contributed by atoms with Gasteiger partial charge < -0.3 is 0 Å². The van der Waals surface area contributed by atoms with Crippen LogP contribution < -0.4 is 0 Å². The molecule has 0 unspecified atom stereocenters. The van der Waals surface area contributed by atoms with Crippen molar-refractivity contribution in [2.45, 2.75) is 0 Å². The third-order valence-corrected chi connectivity index (χ3v) is 0. The molecule has 0 saturated heterocycles. The summed E-state index contributed by atoms with van der Waals surface area (Å²) in [5, 5.41) is 0. The van der Waals surface area contributed by atoms with Crippen LogP contribution in [0.5, 0.6) is 0 Å². The molecule has 0 aromatic carbocycles. The van der Waals surface area contributed by atoms with Crippen LogP contribution in [0.15, 0.2) is 0 Å². The van der Waals surface area contributed by atoms with Gasteiger partial charge in [-0.15, -0.1) is 0 Å². The van der Waals surface area contributed by atoms with E-state index in [9.17, 15) is 0 Å². The molecule has 0 fully saturated rings. The summed E-state index contributed by atoms with van der Waals surface area (Å²) in [6, 6.07) is 0. The second-order valence-electron chi connectivity index (χ2n) is 0.0833. The molecule has 0 heterocycles. The Labute approximate surface area is 69.9 Å². The summed E-state index contributed by atoms with van der Waals surface area (Å²) in [7, 11) is 0. The van der Waals surface area contributed by atoms with Crippen LogP contribution in [0, 0.1) is 65.8 Å². The molecule has 0 aliphatic carbocycles. The number of hydrogen-bond donors (Lipinski definition) is 0. The molecule has 0 aromatic heterocycles. The van der Waals surface area contributed by atoms with Gasteiger partial charge in [0.1, 0.15) is 0 Å². The third kappa shape index (κ3) is 26.1.